The summed E-state index contributed by atoms with van der Waals surface area (Å²) in [6.45, 7) is 3.04. The molecule has 0 heterocycles. The Morgan fingerprint density at radius 2 is 2.18 bits per heavy atom. The van der Waals surface area contributed by atoms with Crippen LogP contribution in [0.4, 0.5) is 0 Å². The number of hydrogen-bond donors (Lipinski definition) is 2. The maximum atomic E-state index is 11.3. The monoisotopic (exact) mass is 237 g/mol. The molecule has 0 saturated carbocycles. The van der Waals surface area contributed by atoms with Crippen molar-refractivity contribution in [1.82, 2.24) is 5.32 Å². The Morgan fingerprint density at radius 1 is 1.47 bits per heavy atom. The zero-order chi connectivity index (χ0) is 12.7. The van der Waals surface area contributed by atoms with Gasteiger partial charge < -0.3 is 9.84 Å². The number of aryl methyl sites for hydroxylation is 1. The Balaban J connectivity index is 2.85. The van der Waals surface area contributed by atoms with E-state index in [-0.39, 0.29) is 0 Å². The van der Waals surface area contributed by atoms with E-state index in [1.807, 2.05) is 31.2 Å². The molecule has 0 amide bonds. The lowest BCUT2D eigenvalue weighted by atomic mass is 9.98. The minimum atomic E-state index is -0.859. The molecular formula is C13H19NO3. The van der Waals surface area contributed by atoms with Crippen molar-refractivity contribution in [2.75, 3.05) is 20.3 Å². The smallest absolute Gasteiger partial charge is 0.325 e. The molecular weight excluding hydrogens is 218 g/mol. The first kappa shape index (κ1) is 13.7. The molecule has 0 fully saturated rings. The summed E-state index contributed by atoms with van der Waals surface area (Å²) in [4.78, 5) is 11.3. The molecule has 17 heavy (non-hydrogen) atoms. The second kappa shape index (κ2) is 7.04. The number of aliphatic carboxylic acids is 1. The Kier molecular flexibility index (Phi) is 5.66. The SMILES string of the molecule is CCc1ccccc1C(NCCOC)C(=O)O. The van der Waals surface area contributed by atoms with Gasteiger partial charge in [0.2, 0.25) is 0 Å². The van der Waals surface area contributed by atoms with Gasteiger partial charge in [0.15, 0.2) is 0 Å². The molecule has 1 aromatic carbocycles. The molecule has 1 aromatic rings. The van der Waals surface area contributed by atoms with Crippen molar-refractivity contribution in [1.29, 1.82) is 0 Å². The van der Waals surface area contributed by atoms with E-state index in [4.69, 9.17) is 4.74 Å². The molecule has 0 spiro atoms. The van der Waals surface area contributed by atoms with Gasteiger partial charge >= 0.3 is 5.97 Å². The molecule has 0 aliphatic heterocycles. The van der Waals surface area contributed by atoms with Gasteiger partial charge in [-0.15, -0.1) is 0 Å². The first-order valence-electron chi connectivity index (χ1n) is 5.73. The fraction of sp³-hybridized carbons (Fsp3) is 0.462. The third kappa shape index (κ3) is 3.84. The van der Waals surface area contributed by atoms with Gasteiger partial charge in [-0.1, -0.05) is 31.2 Å². The van der Waals surface area contributed by atoms with Crippen LogP contribution in [0.2, 0.25) is 0 Å². The first-order chi connectivity index (χ1) is 8.20. The first-order valence-corrected chi connectivity index (χ1v) is 5.73. The van der Waals surface area contributed by atoms with Crippen molar-refractivity contribution in [2.24, 2.45) is 0 Å². The van der Waals surface area contributed by atoms with E-state index < -0.39 is 12.0 Å². The van der Waals surface area contributed by atoms with Gasteiger partial charge in [0.05, 0.1) is 6.61 Å². The lowest BCUT2D eigenvalue weighted by Crippen LogP contribution is -2.31. The second-order valence-corrected chi connectivity index (χ2v) is 3.77. The van der Waals surface area contributed by atoms with Crippen LogP contribution in [0.15, 0.2) is 24.3 Å². The van der Waals surface area contributed by atoms with Crippen molar-refractivity contribution in [3.05, 3.63) is 35.4 Å². The van der Waals surface area contributed by atoms with E-state index in [9.17, 15) is 9.90 Å². The van der Waals surface area contributed by atoms with Gasteiger partial charge in [-0.05, 0) is 17.5 Å². The van der Waals surface area contributed by atoms with Crippen LogP contribution in [0.5, 0.6) is 0 Å². The number of benzene rings is 1. The highest BCUT2D eigenvalue weighted by atomic mass is 16.5. The molecule has 1 rings (SSSR count). The summed E-state index contributed by atoms with van der Waals surface area (Å²) in [5, 5.41) is 12.2. The summed E-state index contributed by atoms with van der Waals surface area (Å²) in [7, 11) is 1.59. The molecule has 0 aliphatic carbocycles. The van der Waals surface area contributed by atoms with Crippen LogP contribution < -0.4 is 5.32 Å². The Bertz CT molecular complexity index is 365. The van der Waals surface area contributed by atoms with Gasteiger partial charge in [0.1, 0.15) is 6.04 Å². The molecule has 0 aromatic heterocycles. The molecule has 1 atom stereocenters. The lowest BCUT2D eigenvalue weighted by Gasteiger charge is -2.17. The van der Waals surface area contributed by atoms with Gasteiger partial charge in [-0.3, -0.25) is 10.1 Å². The number of ether oxygens (including phenoxy) is 1. The van der Waals surface area contributed by atoms with Crippen LogP contribution in [0, 0.1) is 0 Å². The predicted octanol–water partition coefficient (Wildman–Crippen LogP) is 1.61. The zero-order valence-corrected chi connectivity index (χ0v) is 10.3. The van der Waals surface area contributed by atoms with Crippen LogP contribution in [-0.2, 0) is 16.0 Å². The highest BCUT2D eigenvalue weighted by molar-refractivity contribution is 5.76. The van der Waals surface area contributed by atoms with Gasteiger partial charge in [0, 0.05) is 13.7 Å². The summed E-state index contributed by atoms with van der Waals surface area (Å²) in [6.07, 6.45) is 0.825. The van der Waals surface area contributed by atoms with Gasteiger partial charge in [-0.2, -0.15) is 0 Å². The van der Waals surface area contributed by atoms with Crippen molar-refractivity contribution < 1.29 is 14.6 Å². The number of methoxy groups -OCH3 is 1. The second-order valence-electron chi connectivity index (χ2n) is 3.77. The Hall–Kier alpha value is -1.39. The minimum absolute atomic E-state index is 0.498. The lowest BCUT2D eigenvalue weighted by molar-refractivity contribution is -0.139. The van der Waals surface area contributed by atoms with E-state index in [1.54, 1.807) is 7.11 Å². The van der Waals surface area contributed by atoms with Crippen LogP contribution in [0.25, 0.3) is 0 Å². The number of carboxylic acids is 1. The number of rotatable bonds is 7. The number of nitrogens with one attached hydrogen (secondary N) is 1. The quantitative estimate of drug-likeness (QED) is 0.707. The highest BCUT2D eigenvalue weighted by Gasteiger charge is 2.20. The van der Waals surface area contributed by atoms with Crippen LogP contribution in [0.3, 0.4) is 0 Å². The summed E-state index contributed by atoms with van der Waals surface area (Å²) in [6, 6.07) is 6.95. The molecule has 0 bridgehead atoms. The number of hydrogen-bond acceptors (Lipinski definition) is 3. The molecule has 1 unspecified atom stereocenters. The standard InChI is InChI=1S/C13H19NO3/c1-3-10-6-4-5-7-11(10)12(13(15)16)14-8-9-17-2/h4-7,12,14H,3,8-9H2,1-2H3,(H,15,16). The zero-order valence-electron chi connectivity index (χ0n) is 10.3. The number of carboxylic acid groups (broad SMARTS) is 1. The van der Waals surface area contributed by atoms with E-state index >= 15 is 0 Å². The summed E-state index contributed by atoms with van der Waals surface area (Å²) in [5.74, 6) is -0.859. The molecule has 4 nitrogen and oxygen atoms in total. The summed E-state index contributed by atoms with van der Waals surface area (Å²) >= 11 is 0. The van der Waals surface area contributed by atoms with E-state index in [0.717, 1.165) is 17.5 Å². The van der Waals surface area contributed by atoms with Gasteiger partial charge in [-0.25, -0.2) is 0 Å². The van der Waals surface area contributed by atoms with Crippen molar-refractivity contribution in [3.63, 3.8) is 0 Å². The molecule has 0 radical (unpaired) electrons. The predicted molar refractivity (Wildman–Crippen MR) is 66.1 cm³/mol. The summed E-state index contributed by atoms with van der Waals surface area (Å²) < 4.78 is 4.91. The minimum Gasteiger partial charge on any atom is -0.480 e. The normalized spacial score (nSPS) is 12.4. The van der Waals surface area contributed by atoms with Crippen molar-refractivity contribution >= 4 is 5.97 Å². The van der Waals surface area contributed by atoms with Crippen molar-refractivity contribution in [3.8, 4) is 0 Å². The van der Waals surface area contributed by atoms with E-state index in [0.29, 0.717) is 13.2 Å². The third-order valence-corrected chi connectivity index (χ3v) is 2.65. The van der Waals surface area contributed by atoms with E-state index in [2.05, 4.69) is 5.32 Å². The molecule has 4 heteroatoms. The van der Waals surface area contributed by atoms with Crippen LogP contribution >= 0.6 is 0 Å². The largest absolute Gasteiger partial charge is 0.480 e. The van der Waals surface area contributed by atoms with E-state index in [1.165, 1.54) is 0 Å². The fourth-order valence-electron chi connectivity index (χ4n) is 1.77. The maximum absolute atomic E-state index is 11.3. The number of carbonyl (C=O) groups is 1. The fourth-order valence-corrected chi connectivity index (χ4v) is 1.77. The molecule has 2 N–H and O–H groups in total. The third-order valence-electron chi connectivity index (χ3n) is 2.65. The van der Waals surface area contributed by atoms with Gasteiger partial charge in [0.25, 0.3) is 0 Å². The summed E-state index contributed by atoms with van der Waals surface area (Å²) in [5.41, 5.74) is 1.89. The molecule has 94 valence electrons. The average molecular weight is 237 g/mol. The highest BCUT2D eigenvalue weighted by Crippen LogP contribution is 2.18. The Morgan fingerprint density at radius 3 is 2.76 bits per heavy atom. The molecule has 0 aliphatic rings. The molecule has 0 saturated heterocycles. The average Bonchev–Trinajstić information content (AvgIpc) is 2.34. The Labute approximate surface area is 102 Å². The topological polar surface area (TPSA) is 58.6 Å². The van der Waals surface area contributed by atoms with Crippen molar-refractivity contribution in [2.45, 2.75) is 19.4 Å². The van der Waals surface area contributed by atoms with Crippen LogP contribution in [0.1, 0.15) is 24.1 Å². The van der Waals surface area contributed by atoms with Crippen LogP contribution in [-0.4, -0.2) is 31.3 Å². The maximum Gasteiger partial charge on any atom is 0.325 e.